The minimum atomic E-state index is -2.19. The summed E-state index contributed by atoms with van der Waals surface area (Å²) in [6.45, 7) is -6.97. The predicted molar refractivity (Wildman–Crippen MR) is 201 cm³/mol. The summed E-state index contributed by atoms with van der Waals surface area (Å²) < 4.78 is 55.2. The average molecular weight is 993 g/mol. The maximum atomic E-state index is 11.2. The highest BCUT2D eigenvalue weighted by atomic mass is 16.8. The van der Waals surface area contributed by atoms with Gasteiger partial charge in [-0.2, -0.15) is 0 Å². The van der Waals surface area contributed by atoms with Gasteiger partial charge >= 0.3 is 0 Å². The molecule has 31 heteroatoms. The first kappa shape index (κ1) is 56.7. The van der Waals surface area contributed by atoms with Crippen LogP contribution in [0.5, 0.6) is 0 Å². The minimum Gasteiger partial charge on any atom is -0.394 e. The van der Waals surface area contributed by atoms with Crippen molar-refractivity contribution in [2.24, 2.45) is 0 Å². The van der Waals surface area contributed by atoms with E-state index >= 15 is 0 Å². The fourth-order valence-electron chi connectivity index (χ4n) is 8.12. The van der Waals surface area contributed by atoms with E-state index in [4.69, 9.17) is 47.4 Å². The summed E-state index contributed by atoms with van der Waals surface area (Å²) in [5.74, 6) is 0. The van der Waals surface area contributed by atoms with E-state index in [0.717, 1.165) is 0 Å². The Balaban J connectivity index is 1.22. The van der Waals surface area contributed by atoms with Crippen LogP contribution in [0.3, 0.4) is 0 Å². The van der Waals surface area contributed by atoms with Crippen molar-refractivity contribution in [3.05, 3.63) is 0 Å². The van der Waals surface area contributed by atoms with Gasteiger partial charge in [0, 0.05) is 0 Å². The molecule has 394 valence electrons. The van der Waals surface area contributed by atoms with Crippen molar-refractivity contribution in [3.63, 3.8) is 0 Å². The summed E-state index contributed by atoms with van der Waals surface area (Å²) in [5, 5.41) is 218. The Morgan fingerprint density at radius 1 is 0.313 bits per heavy atom. The van der Waals surface area contributed by atoms with Gasteiger partial charge in [0.15, 0.2) is 31.5 Å². The number of ether oxygens (including phenoxy) is 10. The SMILES string of the molecule is OC[C@@H](O)[C@@H](O[C@@H]1O[C@H](CO)[C@@H](O[C@@H]2O[C@H](CO)[C@@H](O[C@@H]3O[C@H](CO)[C@@H](O[C@@H]4O[C@H](CO)[C@@H](O[C@@H]5O[C@H](CO)[C@@H](O)[C@H](O)[C@H]5O)[C@@H](O)[C@H]4O)[C@H](O)[C@H]3O)[C@H](O)[C@H]2O)[C@H](O)[C@H]1O)[C@H](O)[C@@H](O)CO. The molecular formula is C36H64O31. The maximum Gasteiger partial charge on any atom is 0.187 e. The molecule has 0 spiro atoms. The first-order valence-electron chi connectivity index (χ1n) is 21.1. The molecular weight excluding hydrogens is 928 g/mol. The van der Waals surface area contributed by atoms with Crippen LogP contribution in [0.1, 0.15) is 0 Å². The lowest BCUT2D eigenvalue weighted by Gasteiger charge is -2.49. The summed E-state index contributed by atoms with van der Waals surface area (Å²) >= 11 is 0. The van der Waals surface area contributed by atoms with Gasteiger partial charge in [-0.05, 0) is 0 Å². The van der Waals surface area contributed by atoms with Gasteiger partial charge in [0.25, 0.3) is 0 Å². The van der Waals surface area contributed by atoms with Crippen LogP contribution in [0.4, 0.5) is 0 Å². The maximum absolute atomic E-state index is 11.2. The Bertz CT molecular complexity index is 1450. The Hall–Kier alpha value is -1.24. The summed E-state index contributed by atoms with van der Waals surface area (Å²) in [4.78, 5) is 0. The number of rotatable bonds is 20. The molecule has 0 saturated carbocycles. The molecule has 21 N–H and O–H groups in total. The van der Waals surface area contributed by atoms with E-state index in [-0.39, 0.29) is 0 Å². The molecule has 5 rings (SSSR count). The molecule has 5 fully saturated rings. The summed E-state index contributed by atoms with van der Waals surface area (Å²) in [7, 11) is 0. The molecule has 31 nitrogen and oxygen atoms in total. The molecule has 0 unspecified atom stereocenters. The van der Waals surface area contributed by atoms with Crippen molar-refractivity contribution in [1.82, 2.24) is 0 Å². The van der Waals surface area contributed by atoms with E-state index in [9.17, 15) is 107 Å². The topological polar surface area (TPSA) is 517 Å². The normalized spacial score (nSPS) is 48.4. The van der Waals surface area contributed by atoms with Gasteiger partial charge in [0.05, 0.1) is 46.2 Å². The molecule has 0 bridgehead atoms. The first-order valence-corrected chi connectivity index (χ1v) is 21.1. The van der Waals surface area contributed by atoms with Gasteiger partial charge in [-0.25, -0.2) is 0 Å². The van der Waals surface area contributed by atoms with Crippen molar-refractivity contribution >= 4 is 0 Å². The standard InChI is InChI=1S/C36H64O31/c37-1-8(44)15(46)27(9(45)2-38)63-33-23(54)18(49)29(11(4-40)59-33)65-35-25(56)20(51)31(13(6-42)61-35)67-36-26(57)21(52)30(14(7-43)62-36)66-34-24(55)19(50)28(12(5-41)60-34)64-32-22(53)17(48)16(47)10(3-39)58-32/h8-57H,1-7H2/t8-,9+,10+,11+,12+,13+,14+,15+,16+,17-,18+,19-,20+,21+,22+,23+,24+,25+,26+,27+,28+,29+,30+,31+,32-,33-,34-,35-,36-/m0/s1. The van der Waals surface area contributed by atoms with E-state index in [2.05, 4.69) is 0 Å². The highest BCUT2D eigenvalue weighted by molar-refractivity contribution is 4.99. The van der Waals surface area contributed by atoms with Crippen molar-refractivity contribution < 1.29 is 155 Å². The van der Waals surface area contributed by atoms with Crippen LogP contribution in [0, 0.1) is 0 Å². The van der Waals surface area contributed by atoms with Gasteiger partial charge in [0.2, 0.25) is 0 Å². The second kappa shape index (κ2) is 24.9. The van der Waals surface area contributed by atoms with Gasteiger partial charge < -0.3 is 155 Å². The van der Waals surface area contributed by atoms with Crippen LogP contribution < -0.4 is 0 Å². The molecule has 5 aliphatic rings. The third-order valence-corrected chi connectivity index (χ3v) is 12.1. The lowest BCUT2D eigenvalue weighted by atomic mass is 9.95. The van der Waals surface area contributed by atoms with Gasteiger partial charge in [-0.1, -0.05) is 0 Å². The minimum absolute atomic E-state index is 0.833. The summed E-state index contributed by atoms with van der Waals surface area (Å²) in [6.07, 6.45) is -56.0. The van der Waals surface area contributed by atoms with Crippen LogP contribution in [-0.4, -0.2) is 331 Å². The second-order valence-corrected chi connectivity index (χ2v) is 16.5. The smallest absolute Gasteiger partial charge is 0.187 e. The molecule has 0 radical (unpaired) electrons. The Labute approximate surface area is 378 Å². The van der Waals surface area contributed by atoms with Crippen LogP contribution >= 0.6 is 0 Å². The Morgan fingerprint density at radius 3 is 0.881 bits per heavy atom. The molecule has 0 aromatic heterocycles. The van der Waals surface area contributed by atoms with E-state index in [1.54, 1.807) is 0 Å². The molecule has 5 saturated heterocycles. The van der Waals surface area contributed by atoms with E-state index < -0.39 is 224 Å². The van der Waals surface area contributed by atoms with Crippen molar-refractivity contribution in [2.75, 3.05) is 46.2 Å². The van der Waals surface area contributed by atoms with Gasteiger partial charge in [0.1, 0.15) is 146 Å². The van der Waals surface area contributed by atoms with E-state index in [1.807, 2.05) is 0 Å². The van der Waals surface area contributed by atoms with Crippen LogP contribution in [0.25, 0.3) is 0 Å². The van der Waals surface area contributed by atoms with Crippen LogP contribution in [-0.2, 0) is 47.4 Å². The van der Waals surface area contributed by atoms with E-state index in [0.29, 0.717) is 0 Å². The lowest BCUT2D eigenvalue weighted by Crippen LogP contribution is -2.68. The largest absolute Gasteiger partial charge is 0.394 e. The van der Waals surface area contributed by atoms with Gasteiger partial charge in [-0.15, -0.1) is 0 Å². The summed E-state index contributed by atoms with van der Waals surface area (Å²) in [5.41, 5.74) is 0. The van der Waals surface area contributed by atoms with Crippen LogP contribution in [0.2, 0.25) is 0 Å². The Kier molecular flexibility index (Phi) is 21.1. The molecule has 29 atom stereocenters. The average Bonchev–Trinajstić information content (AvgIpc) is 3.33. The highest BCUT2D eigenvalue weighted by Gasteiger charge is 2.57. The number of hydrogen-bond acceptors (Lipinski definition) is 31. The Morgan fingerprint density at radius 2 is 0.582 bits per heavy atom. The zero-order valence-electron chi connectivity index (χ0n) is 35.2. The molecule has 5 aliphatic heterocycles. The third-order valence-electron chi connectivity index (χ3n) is 12.1. The van der Waals surface area contributed by atoms with Crippen LogP contribution in [0.15, 0.2) is 0 Å². The molecule has 0 aliphatic carbocycles. The number of aliphatic hydroxyl groups is 21. The molecule has 0 aromatic rings. The molecule has 5 heterocycles. The lowest BCUT2D eigenvalue weighted by molar-refractivity contribution is -0.394. The van der Waals surface area contributed by atoms with Crippen molar-refractivity contribution in [3.8, 4) is 0 Å². The second-order valence-electron chi connectivity index (χ2n) is 16.5. The number of aliphatic hydroxyl groups excluding tert-OH is 21. The first-order chi connectivity index (χ1) is 31.7. The molecule has 0 amide bonds. The van der Waals surface area contributed by atoms with E-state index in [1.165, 1.54) is 0 Å². The van der Waals surface area contributed by atoms with Crippen molar-refractivity contribution in [2.45, 2.75) is 178 Å². The quantitative estimate of drug-likeness (QED) is 0.0538. The van der Waals surface area contributed by atoms with Gasteiger partial charge in [-0.3, -0.25) is 0 Å². The highest BCUT2D eigenvalue weighted by Crippen LogP contribution is 2.36. The fraction of sp³-hybridized carbons (Fsp3) is 1.00. The zero-order valence-corrected chi connectivity index (χ0v) is 35.2. The summed E-state index contributed by atoms with van der Waals surface area (Å²) in [6, 6.07) is 0. The number of hydrogen-bond donors (Lipinski definition) is 21. The zero-order chi connectivity index (χ0) is 49.8. The monoisotopic (exact) mass is 992 g/mol. The third kappa shape index (κ3) is 12.2. The van der Waals surface area contributed by atoms with Crippen molar-refractivity contribution in [1.29, 1.82) is 0 Å². The fourth-order valence-corrected chi connectivity index (χ4v) is 8.12. The molecule has 0 aromatic carbocycles. The predicted octanol–water partition coefficient (Wildman–Crippen LogP) is -14.5. The molecule has 67 heavy (non-hydrogen) atoms.